The molecule has 2 rings (SSSR count). The molecule has 0 amide bonds. The summed E-state index contributed by atoms with van der Waals surface area (Å²) in [4.78, 5) is 0. The highest BCUT2D eigenvalue weighted by Crippen LogP contribution is 2.29. The molecule has 1 saturated carbocycles. The maximum atomic E-state index is 4.47. The van der Waals surface area contributed by atoms with E-state index in [0.717, 1.165) is 11.7 Å². The number of nitrogens with zero attached hydrogens (tertiary/aromatic N) is 2. The highest BCUT2D eigenvalue weighted by atomic mass is 15.3. The van der Waals surface area contributed by atoms with E-state index in [1.54, 1.807) is 0 Å². The predicted molar refractivity (Wildman–Crippen MR) is 58.4 cm³/mol. The standard InChI is InChI=1S/C11H19N3/c1-8(2)14-7-6-11(13-14)12-10-5-4-9(10)3/h6-10H,4-5H2,1-3H3,(H,12,13). The molecule has 0 radical (unpaired) electrons. The van der Waals surface area contributed by atoms with Gasteiger partial charge < -0.3 is 5.32 Å². The maximum absolute atomic E-state index is 4.47. The molecule has 0 bridgehead atoms. The van der Waals surface area contributed by atoms with Gasteiger partial charge in [0.2, 0.25) is 0 Å². The van der Waals surface area contributed by atoms with Gasteiger partial charge in [0, 0.05) is 24.3 Å². The van der Waals surface area contributed by atoms with Crippen LogP contribution in [0, 0.1) is 5.92 Å². The molecule has 1 heterocycles. The average Bonchev–Trinajstić information content (AvgIpc) is 2.60. The van der Waals surface area contributed by atoms with Crippen molar-refractivity contribution in [2.24, 2.45) is 5.92 Å². The summed E-state index contributed by atoms with van der Waals surface area (Å²) in [6.07, 6.45) is 4.68. The highest BCUT2D eigenvalue weighted by molar-refractivity contribution is 5.34. The first-order valence-electron chi connectivity index (χ1n) is 5.48. The first kappa shape index (κ1) is 9.56. The Kier molecular flexibility index (Phi) is 2.48. The molecule has 3 heteroatoms. The number of anilines is 1. The van der Waals surface area contributed by atoms with Crippen molar-refractivity contribution in [3.05, 3.63) is 12.3 Å². The van der Waals surface area contributed by atoms with E-state index in [9.17, 15) is 0 Å². The molecule has 1 fully saturated rings. The van der Waals surface area contributed by atoms with E-state index in [0.29, 0.717) is 12.1 Å². The van der Waals surface area contributed by atoms with Crippen molar-refractivity contribution < 1.29 is 0 Å². The zero-order chi connectivity index (χ0) is 10.1. The summed E-state index contributed by atoms with van der Waals surface area (Å²) in [5, 5.41) is 7.94. The van der Waals surface area contributed by atoms with Gasteiger partial charge in [0.15, 0.2) is 0 Å². The minimum Gasteiger partial charge on any atom is -0.366 e. The fraction of sp³-hybridized carbons (Fsp3) is 0.727. The van der Waals surface area contributed by atoms with Gasteiger partial charge in [0.1, 0.15) is 5.82 Å². The Morgan fingerprint density at radius 2 is 2.29 bits per heavy atom. The highest BCUT2D eigenvalue weighted by Gasteiger charge is 2.26. The fourth-order valence-corrected chi connectivity index (χ4v) is 1.77. The van der Waals surface area contributed by atoms with Crippen molar-refractivity contribution in [2.75, 3.05) is 5.32 Å². The SMILES string of the molecule is CC1CCC1Nc1ccn(C(C)C)n1. The van der Waals surface area contributed by atoms with Gasteiger partial charge in [-0.1, -0.05) is 6.92 Å². The van der Waals surface area contributed by atoms with Crippen LogP contribution >= 0.6 is 0 Å². The summed E-state index contributed by atoms with van der Waals surface area (Å²) in [5.74, 6) is 1.83. The molecule has 14 heavy (non-hydrogen) atoms. The molecule has 2 unspecified atom stereocenters. The predicted octanol–water partition coefficient (Wildman–Crippen LogP) is 2.67. The van der Waals surface area contributed by atoms with Crippen molar-refractivity contribution in [2.45, 2.75) is 45.7 Å². The first-order valence-corrected chi connectivity index (χ1v) is 5.48. The van der Waals surface area contributed by atoms with Crippen molar-refractivity contribution in [1.29, 1.82) is 0 Å². The lowest BCUT2D eigenvalue weighted by atomic mass is 9.81. The van der Waals surface area contributed by atoms with Gasteiger partial charge in [-0.3, -0.25) is 4.68 Å². The lowest BCUT2D eigenvalue weighted by Crippen LogP contribution is -2.36. The molecule has 0 spiro atoms. The van der Waals surface area contributed by atoms with Gasteiger partial charge in [-0.2, -0.15) is 5.10 Å². The van der Waals surface area contributed by atoms with Crippen LogP contribution in [0.5, 0.6) is 0 Å². The van der Waals surface area contributed by atoms with Crippen LogP contribution in [0.3, 0.4) is 0 Å². The smallest absolute Gasteiger partial charge is 0.148 e. The molecule has 0 aromatic carbocycles. The van der Waals surface area contributed by atoms with Crippen LogP contribution in [0.2, 0.25) is 0 Å². The third-order valence-corrected chi connectivity index (χ3v) is 3.09. The van der Waals surface area contributed by atoms with E-state index in [1.165, 1.54) is 12.8 Å². The number of rotatable bonds is 3. The van der Waals surface area contributed by atoms with E-state index in [1.807, 2.05) is 10.9 Å². The Labute approximate surface area is 85.5 Å². The van der Waals surface area contributed by atoms with Gasteiger partial charge in [0.05, 0.1) is 0 Å². The third kappa shape index (κ3) is 1.76. The number of hydrogen-bond donors (Lipinski definition) is 1. The van der Waals surface area contributed by atoms with Crippen LogP contribution in [-0.2, 0) is 0 Å². The molecule has 3 nitrogen and oxygen atoms in total. The zero-order valence-electron chi connectivity index (χ0n) is 9.20. The topological polar surface area (TPSA) is 29.9 Å². The number of nitrogens with one attached hydrogen (secondary N) is 1. The fourth-order valence-electron chi connectivity index (χ4n) is 1.77. The van der Waals surface area contributed by atoms with Gasteiger partial charge >= 0.3 is 0 Å². The van der Waals surface area contributed by atoms with Crippen LogP contribution in [0.4, 0.5) is 5.82 Å². The Morgan fingerprint density at radius 3 is 2.71 bits per heavy atom. The van der Waals surface area contributed by atoms with Gasteiger partial charge in [-0.25, -0.2) is 0 Å². The second-order valence-electron chi connectivity index (χ2n) is 4.58. The molecule has 78 valence electrons. The van der Waals surface area contributed by atoms with Crippen molar-refractivity contribution in [3.63, 3.8) is 0 Å². The molecule has 0 aliphatic heterocycles. The van der Waals surface area contributed by atoms with E-state index in [2.05, 4.69) is 37.3 Å². The Balaban J connectivity index is 1.96. The lowest BCUT2D eigenvalue weighted by Gasteiger charge is -2.34. The summed E-state index contributed by atoms with van der Waals surface area (Å²) in [6.45, 7) is 6.58. The summed E-state index contributed by atoms with van der Waals surface area (Å²) in [5.41, 5.74) is 0. The Morgan fingerprint density at radius 1 is 1.50 bits per heavy atom. The van der Waals surface area contributed by atoms with Crippen LogP contribution in [0.1, 0.15) is 39.7 Å². The van der Waals surface area contributed by atoms with Crippen molar-refractivity contribution in [1.82, 2.24) is 9.78 Å². The van der Waals surface area contributed by atoms with E-state index < -0.39 is 0 Å². The average molecular weight is 193 g/mol. The normalized spacial score (nSPS) is 26.3. The molecule has 0 saturated heterocycles. The molecule has 2 atom stereocenters. The molecule has 1 aromatic heterocycles. The van der Waals surface area contributed by atoms with E-state index in [4.69, 9.17) is 0 Å². The summed E-state index contributed by atoms with van der Waals surface area (Å²) in [7, 11) is 0. The van der Waals surface area contributed by atoms with E-state index >= 15 is 0 Å². The van der Waals surface area contributed by atoms with Crippen LogP contribution in [-0.4, -0.2) is 15.8 Å². The first-order chi connectivity index (χ1) is 6.66. The Hall–Kier alpha value is -0.990. The molecular formula is C11H19N3. The molecule has 1 aliphatic carbocycles. The van der Waals surface area contributed by atoms with Gasteiger partial charge in [0.25, 0.3) is 0 Å². The second-order valence-corrected chi connectivity index (χ2v) is 4.58. The van der Waals surface area contributed by atoms with Crippen LogP contribution in [0.25, 0.3) is 0 Å². The number of hydrogen-bond acceptors (Lipinski definition) is 2. The summed E-state index contributed by atoms with van der Waals surface area (Å²) >= 11 is 0. The quantitative estimate of drug-likeness (QED) is 0.799. The second kappa shape index (κ2) is 3.64. The van der Waals surface area contributed by atoms with Crippen LogP contribution in [0.15, 0.2) is 12.3 Å². The third-order valence-electron chi connectivity index (χ3n) is 3.09. The molecule has 1 aromatic rings. The van der Waals surface area contributed by atoms with E-state index in [-0.39, 0.29) is 0 Å². The lowest BCUT2D eigenvalue weighted by molar-refractivity contribution is 0.302. The number of aromatic nitrogens is 2. The zero-order valence-corrected chi connectivity index (χ0v) is 9.20. The van der Waals surface area contributed by atoms with Crippen molar-refractivity contribution in [3.8, 4) is 0 Å². The van der Waals surface area contributed by atoms with Gasteiger partial charge in [-0.05, 0) is 32.6 Å². The van der Waals surface area contributed by atoms with Crippen molar-refractivity contribution >= 4 is 5.82 Å². The molecular weight excluding hydrogens is 174 g/mol. The monoisotopic (exact) mass is 193 g/mol. The van der Waals surface area contributed by atoms with Gasteiger partial charge in [-0.15, -0.1) is 0 Å². The maximum Gasteiger partial charge on any atom is 0.148 e. The Bertz CT molecular complexity index is 303. The minimum absolute atomic E-state index is 0.448. The molecule has 1 aliphatic rings. The van der Waals surface area contributed by atoms with Crippen LogP contribution < -0.4 is 5.32 Å². The largest absolute Gasteiger partial charge is 0.366 e. The summed E-state index contributed by atoms with van der Waals surface area (Å²) in [6, 6.07) is 3.15. The summed E-state index contributed by atoms with van der Waals surface area (Å²) < 4.78 is 1.99. The molecule has 1 N–H and O–H groups in total. The minimum atomic E-state index is 0.448.